The van der Waals surface area contributed by atoms with Crippen molar-refractivity contribution < 1.29 is 14.9 Å². The number of aliphatic hydroxyl groups is 2. The molecule has 7 heteroatoms. The van der Waals surface area contributed by atoms with Crippen LogP contribution in [0.5, 0.6) is 5.88 Å². The molecule has 1 aliphatic rings. The number of fused-ring (bicyclic) bond motifs is 1. The van der Waals surface area contributed by atoms with Gasteiger partial charge in [-0.25, -0.2) is 4.98 Å². The van der Waals surface area contributed by atoms with E-state index >= 15 is 0 Å². The predicted molar refractivity (Wildman–Crippen MR) is 91.7 cm³/mol. The number of rotatable bonds is 4. The van der Waals surface area contributed by atoms with E-state index in [4.69, 9.17) is 16.3 Å². The number of aromatic nitrogens is 3. The van der Waals surface area contributed by atoms with E-state index in [-0.39, 0.29) is 6.10 Å². The summed E-state index contributed by atoms with van der Waals surface area (Å²) in [6.07, 6.45) is 3.27. The number of halogens is 1. The van der Waals surface area contributed by atoms with Crippen molar-refractivity contribution in [3.63, 3.8) is 0 Å². The fraction of sp³-hybridized carbons (Fsp3) is 0.222. The molecule has 0 saturated heterocycles. The Morgan fingerprint density at radius 2 is 2.04 bits per heavy atom. The highest BCUT2D eigenvalue weighted by Gasteiger charge is 2.25. The van der Waals surface area contributed by atoms with E-state index in [1.54, 1.807) is 23.0 Å². The zero-order valence-corrected chi connectivity index (χ0v) is 14.0. The number of hydrogen-bond donors (Lipinski definition) is 2. The maximum atomic E-state index is 9.33. The largest absolute Gasteiger partial charge is 0.469 e. The SMILES string of the molecule is OC(O)c1ccnc(-n2nccc2OC2CCc3cc(Cl)ccc32)c1. The lowest BCUT2D eigenvalue weighted by Crippen LogP contribution is -2.09. The first-order valence-electron chi connectivity index (χ1n) is 7.93. The third-order valence-electron chi connectivity index (χ3n) is 4.28. The van der Waals surface area contributed by atoms with E-state index in [2.05, 4.69) is 10.1 Å². The van der Waals surface area contributed by atoms with Gasteiger partial charge in [-0.3, -0.25) is 0 Å². The first-order chi connectivity index (χ1) is 12.1. The van der Waals surface area contributed by atoms with Gasteiger partial charge in [0.25, 0.3) is 0 Å². The van der Waals surface area contributed by atoms with Crippen LogP contribution in [0.2, 0.25) is 5.02 Å². The Labute approximate surface area is 149 Å². The number of aliphatic hydroxyl groups excluding tert-OH is 1. The van der Waals surface area contributed by atoms with Gasteiger partial charge in [-0.2, -0.15) is 9.78 Å². The number of nitrogens with zero attached hydrogens (tertiary/aromatic N) is 3. The number of hydrogen-bond acceptors (Lipinski definition) is 5. The predicted octanol–water partition coefficient (Wildman–Crippen LogP) is 2.97. The van der Waals surface area contributed by atoms with Gasteiger partial charge in [0.15, 0.2) is 12.1 Å². The lowest BCUT2D eigenvalue weighted by Gasteiger charge is -2.16. The molecule has 0 radical (unpaired) electrons. The van der Waals surface area contributed by atoms with Crippen molar-refractivity contribution in [3.8, 4) is 11.7 Å². The van der Waals surface area contributed by atoms with E-state index in [0.717, 1.165) is 23.4 Å². The summed E-state index contributed by atoms with van der Waals surface area (Å²) in [5.41, 5.74) is 2.67. The van der Waals surface area contributed by atoms with Gasteiger partial charge in [0.2, 0.25) is 5.88 Å². The molecular weight excluding hydrogens is 342 g/mol. The van der Waals surface area contributed by atoms with Crippen molar-refractivity contribution in [1.82, 2.24) is 14.8 Å². The molecule has 25 heavy (non-hydrogen) atoms. The number of benzene rings is 1. The van der Waals surface area contributed by atoms with Gasteiger partial charge >= 0.3 is 0 Å². The third kappa shape index (κ3) is 3.11. The minimum Gasteiger partial charge on any atom is -0.469 e. The quantitative estimate of drug-likeness (QED) is 0.702. The summed E-state index contributed by atoms with van der Waals surface area (Å²) in [5, 5.41) is 23.6. The standard InChI is InChI=1S/C18H16ClN3O3/c19-13-2-3-14-11(9-13)1-4-15(14)25-17-6-8-21-22(17)16-10-12(18(23)24)5-7-20-16/h2-3,5-10,15,18,23-24H,1,4H2. The molecule has 2 heterocycles. The van der Waals surface area contributed by atoms with Crippen molar-refractivity contribution in [2.45, 2.75) is 25.2 Å². The molecule has 1 aliphatic carbocycles. The summed E-state index contributed by atoms with van der Waals surface area (Å²) in [5.74, 6) is 1.00. The average Bonchev–Trinajstić information content (AvgIpc) is 3.22. The lowest BCUT2D eigenvalue weighted by molar-refractivity contribution is -0.0425. The van der Waals surface area contributed by atoms with Crippen molar-refractivity contribution in [2.24, 2.45) is 0 Å². The molecule has 0 amide bonds. The summed E-state index contributed by atoms with van der Waals surface area (Å²) in [6.45, 7) is 0. The highest BCUT2D eigenvalue weighted by molar-refractivity contribution is 6.30. The van der Waals surface area contributed by atoms with Crippen molar-refractivity contribution >= 4 is 11.6 Å². The normalized spacial score (nSPS) is 16.2. The summed E-state index contributed by atoms with van der Waals surface area (Å²) in [7, 11) is 0. The fourth-order valence-electron chi connectivity index (χ4n) is 3.08. The van der Waals surface area contributed by atoms with Crippen molar-refractivity contribution in [2.75, 3.05) is 0 Å². The van der Waals surface area contributed by atoms with E-state index < -0.39 is 6.29 Å². The summed E-state index contributed by atoms with van der Waals surface area (Å²) in [6, 6.07) is 10.7. The third-order valence-corrected chi connectivity index (χ3v) is 4.52. The Morgan fingerprint density at radius 1 is 1.16 bits per heavy atom. The Balaban J connectivity index is 1.63. The Kier molecular flexibility index (Phi) is 4.17. The first-order valence-corrected chi connectivity index (χ1v) is 8.31. The zero-order valence-electron chi connectivity index (χ0n) is 13.2. The van der Waals surface area contributed by atoms with Crippen LogP contribution in [-0.4, -0.2) is 25.0 Å². The van der Waals surface area contributed by atoms with Crippen LogP contribution < -0.4 is 4.74 Å². The van der Waals surface area contributed by atoms with Crippen LogP contribution in [0.3, 0.4) is 0 Å². The van der Waals surface area contributed by atoms with Crippen LogP contribution >= 0.6 is 11.6 Å². The average molecular weight is 358 g/mol. The molecule has 0 saturated carbocycles. The lowest BCUT2D eigenvalue weighted by atomic mass is 10.1. The van der Waals surface area contributed by atoms with Gasteiger partial charge in [-0.1, -0.05) is 17.7 Å². The van der Waals surface area contributed by atoms with Gasteiger partial charge in [0.05, 0.1) is 6.20 Å². The first kappa shape index (κ1) is 16.1. The maximum absolute atomic E-state index is 9.33. The molecule has 2 aromatic heterocycles. The van der Waals surface area contributed by atoms with E-state index in [1.807, 2.05) is 18.2 Å². The Bertz CT molecular complexity index is 910. The molecule has 3 aromatic rings. The second kappa shape index (κ2) is 6.48. The van der Waals surface area contributed by atoms with Crippen molar-refractivity contribution in [3.05, 3.63) is 70.5 Å². The van der Waals surface area contributed by atoms with Gasteiger partial charge in [-0.05, 0) is 48.2 Å². The van der Waals surface area contributed by atoms with Crippen LogP contribution in [0.25, 0.3) is 5.82 Å². The summed E-state index contributed by atoms with van der Waals surface area (Å²) >= 11 is 6.06. The summed E-state index contributed by atoms with van der Waals surface area (Å²) in [4.78, 5) is 4.24. The topological polar surface area (TPSA) is 80.4 Å². The second-order valence-corrected chi connectivity index (χ2v) is 6.33. The van der Waals surface area contributed by atoms with Gasteiger partial charge in [-0.15, -0.1) is 0 Å². The maximum Gasteiger partial charge on any atom is 0.218 e. The molecule has 6 nitrogen and oxygen atoms in total. The summed E-state index contributed by atoms with van der Waals surface area (Å²) < 4.78 is 7.70. The highest BCUT2D eigenvalue weighted by Crippen LogP contribution is 2.36. The molecule has 1 aromatic carbocycles. The van der Waals surface area contributed by atoms with E-state index in [1.165, 1.54) is 17.8 Å². The van der Waals surface area contributed by atoms with Gasteiger partial charge in [0, 0.05) is 22.8 Å². The molecule has 2 N–H and O–H groups in total. The van der Waals surface area contributed by atoms with E-state index in [0.29, 0.717) is 17.3 Å². The minimum absolute atomic E-state index is 0.0747. The fourth-order valence-corrected chi connectivity index (χ4v) is 3.27. The van der Waals surface area contributed by atoms with Crippen LogP contribution in [0, 0.1) is 0 Å². The van der Waals surface area contributed by atoms with Crippen LogP contribution in [0.15, 0.2) is 48.8 Å². The van der Waals surface area contributed by atoms with Crippen LogP contribution in [-0.2, 0) is 6.42 Å². The van der Waals surface area contributed by atoms with Crippen LogP contribution in [0.4, 0.5) is 0 Å². The molecule has 1 atom stereocenters. The molecule has 0 spiro atoms. The van der Waals surface area contributed by atoms with E-state index in [9.17, 15) is 10.2 Å². The smallest absolute Gasteiger partial charge is 0.218 e. The van der Waals surface area contributed by atoms with Gasteiger partial charge < -0.3 is 14.9 Å². The van der Waals surface area contributed by atoms with Gasteiger partial charge in [0.1, 0.15) is 6.10 Å². The molecule has 0 bridgehead atoms. The molecule has 0 fully saturated rings. The molecule has 1 unspecified atom stereocenters. The Hall–Kier alpha value is -2.41. The zero-order chi connectivity index (χ0) is 17.4. The van der Waals surface area contributed by atoms with Crippen LogP contribution in [0.1, 0.15) is 35.5 Å². The Morgan fingerprint density at radius 3 is 2.88 bits per heavy atom. The molecular formula is C18H16ClN3O3. The highest BCUT2D eigenvalue weighted by atomic mass is 35.5. The number of ether oxygens (including phenoxy) is 1. The molecule has 4 rings (SSSR count). The van der Waals surface area contributed by atoms with Crippen molar-refractivity contribution in [1.29, 1.82) is 0 Å². The second-order valence-electron chi connectivity index (χ2n) is 5.89. The monoisotopic (exact) mass is 357 g/mol. The number of pyridine rings is 1. The molecule has 0 aliphatic heterocycles. The molecule has 128 valence electrons. The number of aryl methyl sites for hydroxylation is 1. The minimum atomic E-state index is -1.56.